The Labute approximate surface area is 133 Å². The molecule has 1 saturated carbocycles. The van der Waals surface area contributed by atoms with Crippen LogP contribution in [0.5, 0.6) is 0 Å². The van der Waals surface area contributed by atoms with Crippen molar-refractivity contribution in [2.75, 3.05) is 6.61 Å². The van der Waals surface area contributed by atoms with Crippen LogP contribution in [0.3, 0.4) is 0 Å². The van der Waals surface area contributed by atoms with Crippen molar-refractivity contribution in [1.29, 1.82) is 0 Å². The largest absolute Gasteiger partial charge is 0.466 e. The van der Waals surface area contributed by atoms with Crippen molar-refractivity contribution in [2.24, 2.45) is 5.11 Å². The van der Waals surface area contributed by atoms with Crippen LogP contribution in [0.2, 0.25) is 0 Å². The number of aryl methyl sites for hydroxylation is 1. The lowest BCUT2D eigenvalue weighted by Gasteiger charge is -2.08. The molecule has 0 spiro atoms. The number of rotatable bonds is 7. The van der Waals surface area contributed by atoms with Crippen LogP contribution in [0.1, 0.15) is 49.1 Å². The van der Waals surface area contributed by atoms with E-state index in [2.05, 4.69) is 27.3 Å². The highest BCUT2D eigenvalue weighted by Gasteiger charge is 2.25. The maximum atomic E-state index is 11.6. The highest BCUT2D eigenvalue weighted by Crippen LogP contribution is 2.40. The van der Waals surface area contributed by atoms with Crippen molar-refractivity contribution in [1.82, 2.24) is 9.61 Å². The van der Waals surface area contributed by atoms with Crippen molar-refractivity contribution in [3.63, 3.8) is 0 Å². The summed E-state index contributed by atoms with van der Waals surface area (Å²) < 4.78 is 6.84. The van der Waals surface area contributed by atoms with Gasteiger partial charge in [0.25, 0.3) is 0 Å². The zero-order chi connectivity index (χ0) is 16.2. The van der Waals surface area contributed by atoms with Gasteiger partial charge in [-0.3, -0.25) is 4.79 Å². The third kappa shape index (κ3) is 3.63. The van der Waals surface area contributed by atoms with Crippen molar-refractivity contribution >= 4 is 11.5 Å². The summed E-state index contributed by atoms with van der Waals surface area (Å²) in [4.78, 5) is 14.4. The normalized spacial score (nSPS) is 13.8. The molecule has 2 heterocycles. The predicted octanol–water partition coefficient (Wildman–Crippen LogP) is 3.52. The number of fused-ring (bicyclic) bond motifs is 1. The molecule has 23 heavy (non-hydrogen) atoms. The summed E-state index contributed by atoms with van der Waals surface area (Å²) in [5, 5.41) is 8.06. The molecule has 2 aromatic rings. The number of pyridine rings is 1. The third-order valence-corrected chi connectivity index (χ3v) is 3.94. The highest BCUT2D eigenvalue weighted by atomic mass is 16.5. The van der Waals surface area contributed by atoms with E-state index in [1.165, 1.54) is 18.4 Å². The summed E-state index contributed by atoms with van der Waals surface area (Å²) in [5.41, 5.74) is 12.5. The van der Waals surface area contributed by atoms with E-state index in [0.29, 0.717) is 25.4 Å². The monoisotopic (exact) mass is 313 g/mol. The Morgan fingerprint density at radius 2 is 2.30 bits per heavy atom. The summed E-state index contributed by atoms with van der Waals surface area (Å²) in [5.74, 6) is 0.427. The summed E-state index contributed by atoms with van der Waals surface area (Å²) >= 11 is 0. The predicted molar refractivity (Wildman–Crippen MR) is 85.0 cm³/mol. The van der Waals surface area contributed by atoms with Gasteiger partial charge >= 0.3 is 5.97 Å². The molecule has 0 N–H and O–H groups in total. The molecule has 1 fully saturated rings. The molecular formula is C16H19N5O2. The average molecular weight is 313 g/mol. The number of ether oxygens (including phenoxy) is 1. The quantitative estimate of drug-likeness (QED) is 0.339. The van der Waals surface area contributed by atoms with Gasteiger partial charge < -0.3 is 4.74 Å². The molecule has 7 nitrogen and oxygen atoms in total. The summed E-state index contributed by atoms with van der Waals surface area (Å²) in [6.07, 6.45) is 3.35. The van der Waals surface area contributed by atoms with Gasteiger partial charge in [0.15, 0.2) is 0 Å². The summed E-state index contributed by atoms with van der Waals surface area (Å²) in [6, 6.07) is 6.21. The molecule has 0 aromatic carbocycles. The van der Waals surface area contributed by atoms with Crippen molar-refractivity contribution < 1.29 is 9.53 Å². The number of carbonyl (C=O) groups is 1. The molecule has 0 unspecified atom stereocenters. The molecule has 0 saturated heterocycles. The number of carbonyl (C=O) groups excluding carboxylic acids is 1. The highest BCUT2D eigenvalue weighted by molar-refractivity contribution is 5.69. The second kappa shape index (κ2) is 6.71. The zero-order valence-electron chi connectivity index (χ0n) is 13.1. The first-order chi connectivity index (χ1) is 11.2. The molecule has 0 atom stereocenters. The molecular weight excluding hydrogens is 294 g/mol. The molecule has 120 valence electrons. The van der Waals surface area contributed by atoms with Crippen molar-refractivity contribution in [3.8, 4) is 0 Å². The summed E-state index contributed by atoms with van der Waals surface area (Å²) in [7, 11) is 0. The Morgan fingerprint density at radius 3 is 3.00 bits per heavy atom. The van der Waals surface area contributed by atoms with E-state index in [9.17, 15) is 4.79 Å². The van der Waals surface area contributed by atoms with Crippen LogP contribution in [0.15, 0.2) is 23.3 Å². The van der Waals surface area contributed by atoms with E-state index in [0.717, 1.165) is 16.9 Å². The lowest BCUT2D eigenvalue weighted by atomic mass is 10.1. The molecule has 0 radical (unpaired) electrons. The van der Waals surface area contributed by atoms with Crippen LogP contribution in [0.4, 0.5) is 0 Å². The Balaban J connectivity index is 1.90. The van der Waals surface area contributed by atoms with Crippen LogP contribution >= 0.6 is 0 Å². The minimum absolute atomic E-state index is 0.195. The Bertz CT molecular complexity index is 772. The molecule has 0 bridgehead atoms. The molecule has 7 heteroatoms. The number of hydrogen-bond donors (Lipinski definition) is 0. The Kier molecular flexibility index (Phi) is 4.48. The van der Waals surface area contributed by atoms with Crippen molar-refractivity contribution in [2.45, 2.75) is 45.1 Å². The Hall–Kier alpha value is -2.53. The molecule has 3 rings (SSSR count). The second-order valence-corrected chi connectivity index (χ2v) is 5.72. The minimum atomic E-state index is -0.195. The van der Waals surface area contributed by atoms with Crippen LogP contribution < -0.4 is 0 Å². The van der Waals surface area contributed by atoms with Crippen LogP contribution in [-0.4, -0.2) is 22.2 Å². The molecule has 1 aliphatic rings. The van der Waals surface area contributed by atoms with E-state index in [1.807, 2.05) is 10.6 Å². The van der Waals surface area contributed by atoms with E-state index in [1.54, 1.807) is 6.92 Å². The van der Waals surface area contributed by atoms with Crippen LogP contribution in [0, 0.1) is 0 Å². The van der Waals surface area contributed by atoms with Crippen LogP contribution in [0.25, 0.3) is 16.0 Å². The number of azide groups is 1. The van der Waals surface area contributed by atoms with E-state index in [-0.39, 0.29) is 12.5 Å². The van der Waals surface area contributed by atoms with Gasteiger partial charge in [-0.15, -0.1) is 0 Å². The lowest BCUT2D eigenvalue weighted by molar-refractivity contribution is -0.143. The smallest absolute Gasteiger partial charge is 0.306 e. The minimum Gasteiger partial charge on any atom is -0.466 e. The van der Waals surface area contributed by atoms with Gasteiger partial charge in [0.2, 0.25) is 0 Å². The Morgan fingerprint density at radius 1 is 1.48 bits per heavy atom. The molecule has 0 aliphatic heterocycles. The fourth-order valence-corrected chi connectivity index (χ4v) is 2.72. The van der Waals surface area contributed by atoms with E-state index < -0.39 is 0 Å². The standard InChI is InChI=1S/C16H19N5O2/c1-2-23-16(22)6-5-14-7-12(11-3-4-11)8-15-9-13(10-18-20-17)19-21(14)15/h7-9,11H,2-6,10H2,1H3. The maximum Gasteiger partial charge on any atom is 0.306 e. The molecule has 2 aromatic heterocycles. The molecule has 0 amide bonds. The van der Waals surface area contributed by atoms with Gasteiger partial charge in [-0.2, -0.15) is 5.10 Å². The maximum absolute atomic E-state index is 11.6. The van der Waals surface area contributed by atoms with Gasteiger partial charge in [0, 0.05) is 17.0 Å². The van der Waals surface area contributed by atoms with Crippen molar-refractivity contribution in [3.05, 3.63) is 45.6 Å². The number of hydrogen-bond acceptors (Lipinski definition) is 4. The van der Waals surface area contributed by atoms with Gasteiger partial charge in [-0.1, -0.05) is 5.11 Å². The first kappa shape index (κ1) is 15.4. The van der Waals surface area contributed by atoms with E-state index >= 15 is 0 Å². The lowest BCUT2D eigenvalue weighted by Crippen LogP contribution is -2.08. The van der Waals surface area contributed by atoms with Crippen LogP contribution in [-0.2, 0) is 22.5 Å². The summed E-state index contributed by atoms with van der Waals surface area (Å²) in [6.45, 7) is 2.43. The topological polar surface area (TPSA) is 92.4 Å². The van der Waals surface area contributed by atoms with E-state index in [4.69, 9.17) is 10.3 Å². The van der Waals surface area contributed by atoms with Gasteiger partial charge in [0.1, 0.15) is 0 Å². The third-order valence-electron chi connectivity index (χ3n) is 3.94. The number of esters is 1. The number of aromatic nitrogens is 2. The zero-order valence-corrected chi connectivity index (χ0v) is 13.1. The first-order valence-electron chi connectivity index (χ1n) is 7.89. The van der Waals surface area contributed by atoms with Gasteiger partial charge in [0.05, 0.1) is 30.8 Å². The van der Waals surface area contributed by atoms with Gasteiger partial charge in [-0.05, 0) is 55.0 Å². The molecule has 1 aliphatic carbocycles. The van der Waals surface area contributed by atoms with Gasteiger partial charge in [-0.25, -0.2) is 4.52 Å². The number of nitrogens with zero attached hydrogens (tertiary/aromatic N) is 5. The average Bonchev–Trinajstić information content (AvgIpc) is 3.30. The fraction of sp³-hybridized carbons (Fsp3) is 0.500. The SMILES string of the molecule is CCOC(=O)CCc1cc(C2CC2)cc2cc(CN=[N+]=[N-])nn12. The second-order valence-electron chi connectivity index (χ2n) is 5.72. The first-order valence-corrected chi connectivity index (χ1v) is 7.89. The fourth-order valence-electron chi connectivity index (χ4n) is 2.72.